The molecule has 0 atom stereocenters. The SMILES string of the molecule is Cc1cc(=NNC(N)=S)oc2cc(O)ccc12. The molecule has 0 radical (unpaired) electrons. The van der Waals surface area contributed by atoms with Gasteiger partial charge in [-0.2, -0.15) is 0 Å². The van der Waals surface area contributed by atoms with Crippen molar-refractivity contribution in [3.05, 3.63) is 35.4 Å². The third-order valence-electron chi connectivity index (χ3n) is 2.22. The summed E-state index contributed by atoms with van der Waals surface area (Å²) in [4.78, 5) is 0. The van der Waals surface area contributed by atoms with Gasteiger partial charge in [0.15, 0.2) is 5.11 Å². The number of nitrogens with one attached hydrogen (secondary N) is 1. The fraction of sp³-hybridized carbons (Fsp3) is 0.0909. The van der Waals surface area contributed by atoms with Gasteiger partial charge in [0, 0.05) is 17.5 Å². The Balaban J connectivity index is 2.61. The minimum absolute atomic E-state index is 0.0638. The van der Waals surface area contributed by atoms with E-state index in [2.05, 4.69) is 22.7 Å². The van der Waals surface area contributed by atoms with Gasteiger partial charge in [-0.25, -0.2) is 0 Å². The van der Waals surface area contributed by atoms with E-state index < -0.39 is 0 Å². The number of phenolic OH excluding ortho intramolecular Hbond substituents is 1. The molecule has 0 unspecified atom stereocenters. The maximum absolute atomic E-state index is 9.38. The van der Waals surface area contributed by atoms with Crippen LogP contribution in [0.2, 0.25) is 0 Å². The summed E-state index contributed by atoms with van der Waals surface area (Å²) in [5.74, 6) is 0.139. The molecule has 6 heteroatoms. The molecule has 0 saturated carbocycles. The first kappa shape index (κ1) is 11.4. The van der Waals surface area contributed by atoms with E-state index >= 15 is 0 Å². The summed E-state index contributed by atoms with van der Waals surface area (Å²) in [6, 6.07) is 6.68. The van der Waals surface area contributed by atoms with Crippen LogP contribution in [0.15, 0.2) is 33.8 Å². The molecule has 2 rings (SSSR count). The normalized spacial score (nSPS) is 11.7. The van der Waals surface area contributed by atoms with Crippen molar-refractivity contribution in [3.63, 3.8) is 0 Å². The van der Waals surface area contributed by atoms with Crippen LogP contribution in [0.5, 0.6) is 5.75 Å². The van der Waals surface area contributed by atoms with E-state index in [0.29, 0.717) is 11.1 Å². The zero-order chi connectivity index (χ0) is 12.4. The number of hydrogen-bond donors (Lipinski definition) is 3. The highest BCUT2D eigenvalue weighted by molar-refractivity contribution is 7.80. The molecule has 0 bridgehead atoms. The van der Waals surface area contributed by atoms with E-state index in [9.17, 15) is 5.11 Å². The number of benzene rings is 1. The third-order valence-corrected chi connectivity index (χ3v) is 2.31. The van der Waals surface area contributed by atoms with Crippen molar-refractivity contribution in [1.82, 2.24) is 5.43 Å². The van der Waals surface area contributed by atoms with Crippen LogP contribution in [0.1, 0.15) is 5.56 Å². The molecule has 1 aromatic carbocycles. The van der Waals surface area contributed by atoms with Crippen LogP contribution >= 0.6 is 12.2 Å². The van der Waals surface area contributed by atoms with Gasteiger partial charge in [0.05, 0.1) is 0 Å². The topological polar surface area (TPSA) is 83.8 Å². The molecule has 17 heavy (non-hydrogen) atoms. The van der Waals surface area contributed by atoms with Gasteiger partial charge in [-0.3, -0.25) is 5.43 Å². The second-order valence-corrected chi connectivity index (χ2v) is 3.98. The summed E-state index contributed by atoms with van der Waals surface area (Å²) in [6.45, 7) is 1.93. The molecule has 0 amide bonds. The average molecular weight is 249 g/mol. The molecule has 0 aliphatic rings. The standard InChI is InChI=1S/C11H11N3O2S/c1-6-4-10(13-14-11(12)17)16-9-5-7(15)2-3-8(6)9/h2-5,15H,1H3,(H3,12,14,17). The smallest absolute Gasteiger partial charge is 0.236 e. The number of nitrogens with two attached hydrogens (primary N) is 1. The summed E-state index contributed by atoms with van der Waals surface area (Å²) in [6.07, 6.45) is 0. The molecule has 4 N–H and O–H groups in total. The number of hydrogen-bond acceptors (Lipinski definition) is 4. The van der Waals surface area contributed by atoms with Crippen LogP contribution in [-0.2, 0) is 0 Å². The number of fused-ring (bicyclic) bond motifs is 1. The first-order valence-electron chi connectivity index (χ1n) is 4.89. The lowest BCUT2D eigenvalue weighted by atomic mass is 10.1. The van der Waals surface area contributed by atoms with Gasteiger partial charge in [-0.1, -0.05) is 0 Å². The van der Waals surface area contributed by atoms with Crippen LogP contribution in [0.4, 0.5) is 0 Å². The minimum Gasteiger partial charge on any atom is -0.508 e. The van der Waals surface area contributed by atoms with Gasteiger partial charge in [0.25, 0.3) is 0 Å². The summed E-state index contributed by atoms with van der Waals surface area (Å²) in [5, 5.41) is 14.2. The number of rotatable bonds is 1. The summed E-state index contributed by atoms with van der Waals surface area (Å²) in [5.41, 5.74) is 9.58. The maximum Gasteiger partial charge on any atom is 0.236 e. The number of thiocarbonyl (C=S) groups is 1. The fourth-order valence-electron chi connectivity index (χ4n) is 1.49. The Morgan fingerprint density at radius 1 is 1.47 bits per heavy atom. The summed E-state index contributed by atoms with van der Waals surface area (Å²) >= 11 is 4.64. The molecule has 5 nitrogen and oxygen atoms in total. The number of nitrogens with zero attached hydrogens (tertiary/aromatic N) is 1. The van der Waals surface area contributed by atoms with E-state index in [1.54, 1.807) is 18.2 Å². The lowest BCUT2D eigenvalue weighted by Gasteiger charge is -2.02. The highest BCUT2D eigenvalue weighted by Gasteiger charge is 2.01. The molecular formula is C11H11N3O2S. The van der Waals surface area contributed by atoms with Crippen LogP contribution in [0, 0.1) is 6.92 Å². The van der Waals surface area contributed by atoms with Crippen molar-refractivity contribution >= 4 is 28.3 Å². The maximum atomic E-state index is 9.38. The Labute approximate surface area is 103 Å². The first-order chi connectivity index (χ1) is 8.06. The Hall–Kier alpha value is -2.08. The van der Waals surface area contributed by atoms with Crippen molar-refractivity contribution in [2.45, 2.75) is 6.92 Å². The lowest BCUT2D eigenvalue weighted by molar-refractivity contribution is 0.472. The van der Waals surface area contributed by atoms with E-state index in [1.165, 1.54) is 6.07 Å². The second-order valence-electron chi connectivity index (χ2n) is 3.54. The predicted molar refractivity (Wildman–Crippen MR) is 68.1 cm³/mol. The van der Waals surface area contributed by atoms with Crippen molar-refractivity contribution in [2.24, 2.45) is 10.8 Å². The Morgan fingerprint density at radius 2 is 2.24 bits per heavy atom. The summed E-state index contributed by atoms with van der Waals surface area (Å²) < 4.78 is 5.47. The second kappa shape index (κ2) is 4.42. The highest BCUT2D eigenvalue weighted by atomic mass is 32.1. The zero-order valence-electron chi connectivity index (χ0n) is 9.10. The Bertz CT molecular complexity index is 649. The van der Waals surface area contributed by atoms with Crippen LogP contribution in [0.25, 0.3) is 11.0 Å². The number of aryl methyl sites for hydroxylation is 1. The van der Waals surface area contributed by atoms with Crippen LogP contribution < -0.4 is 16.7 Å². The first-order valence-corrected chi connectivity index (χ1v) is 5.30. The molecule has 0 aliphatic carbocycles. The van der Waals surface area contributed by atoms with E-state index in [-0.39, 0.29) is 10.9 Å². The Morgan fingerprint density at radius 3 is 2.94 bits per heavy atom. The molecule has 1 heterocycles. The van der Waals surface area contributed by atoms with E-state index in [0.717, 1.165) is 10.9 Å². The molecule has 1 aromatic heterocycles. The quantitative estimate of drug-likeness (QED) is 0.520. The monoisotopic (exact) mass is 249 g/mol. The molecular weight excluding hydrogens is 238 g/mol. The minimum atomic E-state index is 0.0638. The molecule has 2 aromatic rings. The van der Waals surface area contributed by atoms with Crippen molar-refractivity contribution in [2.75, 3.05) is 0 Å². The molecule has 0 aliphatic heterocycles. The number of phenols is 1. The van der Waals surface area contributed by atoms with Gasteiger partial charge in [0.2, 0.25) is 5.55 Å². The van der Waals surface area contributed by atoms with Crippen LogP contribution in [0.3, 0.4) is 0 Å². The molecule has 0 fully saturated rings. The summed E-state index contributed by atoms with van der Waals surface area (Å²) in [7, 11) is 0. The fourth-order valence-corrected chi connectivity index (χ4v) is 1.54. The van der Waals surface area contributed by atoms with E-state index in [4.69, 9.17) is 10.2 Å². The van der Waals surface area contributed by atoms with E-state index in [1.807, 2.05) is 6.92 Å². The van der Waals surface area contributed by atoms with Gasteiger partial charge >= 0.3 is 0 Å². The highest BCUT2D eigenvalue weighted by Crippen LogP contribution is 2.20. The lowest BCUT2D eigenvalue weighted by Crippen LogP contribution is -2.26. The zero-order valence-corrected chi connectivity index (χ0v) is 9.91. The van der Waals surface area contributed by atoms with Crippen molar-refractivity contribution in [3.8, 4) is 5.75 Å². The van der Waals surface area contributed by atoms with Gasteiger partial charge in [-0.15, -0.1) is 5.10 Å². The Kier molecular flexibility index (Phi) is 2.97. The molecule has 0 spiro atoms. The largest absolute Gasteiger partial charge is 0.508 e. The number of aromatic hydroxyl groups is 1. The van der Waals surface area contributed by atoms with Gasteiger partial charge in [0.1, 0.15) is 11.3 Å². The predicted octanol–water partition coefficient (Wildman–Crippen LogP) is 1.10. The molecule has 88 valence electrons. The van der Waals surface area contributed by atoms with Crippen LogP contribution in [-0.4, -0.2) is 10.2 Å². The van der Waals surface area contributed by atoms with Crippen molar-refractivity contribution < 1.29 is 9.52 Å². The average Bonchev–Trinajstić information content (AvgIpc) is 2.25. The third kappa shape index (κ3) is 2.54. The van der Waals surface area contributed by atoms with Gasteiger partial charge < -0.3 is 15.3 Å². The molecule has 0 saturated heterocycles. The van der Waals surface area contributed by atoms with Crippen molar-refractivity contribution in [1.29, 1.82) is 0 Å². The van der Waals surface area contributed by atoms with Gasteiger partial charge in [-0.05, 0) is 36.8 Å².